The molecule has 1 aliphatic heterocycles. The molecule has 1 atom stereocenters. The number of nitrogens with zero attached hydrogens (tertiary/aromatic N) is 3. The van der Waals surface area contributed by atoms with Gasteiger partial charge in [-0.15, -0.1) is 24.0 Å². The first-order valence-electron chi connectivity index (χ1n) is 12.3. The van der Waals surface area contributed by atoms with Crippen molar-refractivity contribution in [2.24, 2.45) is 16.8 Å². The SMILES string of the molecule is CN=C(NCCCCCC(=O)N1CCN(C(=O)CC(C)C)CC1)NC(C)CCC(C)C.I. The van der Waals surface area contributed by atoms with Crippen molar-refractivity contribution in [2.75, 3.05) is 39.8 Å². The topological polar surface area (TPSA) is 77.0 Å². The van der Waals surface area contributed by atoms with E-state index in [0.717, 1.165) is 44.1 Å². The first-order chi connectivity index (χ1) is 14.7. The summed E-state index contributed by atoms with van der Waals surface area (Å²) in [5.74, 6) is 2.40. The van der Waals surface area contributed by atoms with Gasteiger partial charge in [0.05, 0.1) is 0 Å². The average Bonchev–Trinajstić information content (AvgIpc) is 2.73. The van der Waals surface area contributed by atoms with Crippen LogP contribution in [-0.2, 0) is 9.59 Å². The van der Waals surface area contributed by atoms with Crippen molar-refractivity contribution in [1.82, 2.24) is 20.4 Å². The van der Waals surface area contributed by atoms with Gasteiger partial charge in [-0.25, -0.2) is 0 Å². The lowest BCUT2D eigenvalue weighted by Crippen LogP contribution is -2.50. The van der Waals surface area contributed by atoms with Crippen LogP contribution in [0, 0.1) is 11.8 Å². The van der Waals surface area contributed by atoms with Crippen molar-refractivity contribution in [3.05, 3.63) is 0 Å². The van der Waals surface area contributed by atoms with Gasteiger partial charge in [-0.2, -0.15) is 0 Å². The van der Waals surface area contributed by atoms with Crippen LogP contribution in [0.4, 0.5) is 0 Å². The van der Waals surface area contributed by atoms with E-state index in [9.17, 15) is 9.59 Å². The minimum absolute atomic E-state index is 0. The predicted octanol–water partition coefficient (Wildman–Crippen LogP) is 3.87. The zero-order chi connectivity index (χ0) is 23.2. The van der Waals surface area contributed by atoms with Gasteiger partial charge in [0.2, 0.25) is 11.8 Å². The van der Waals surface area contributed by atoms with Gasteiger partial charge in [-0.3, -0.25) is 14.6 Å². The first kappa shape index (κ1) is 30.9. The zero-order valence-corrected chi connectivity index (χ0v) is 23.6. The van der Waals surface area contributed by atoms with Crippen LogP contribution in [0.3, 0.4) is 0 Å². The van der Waals surface area contributed by atoms with Gasteiger partial charge >= 0.3 is 0 Å². The number of aliphatic imine (C=N–C) groups is 1. The highest BCUT2D eigenvalue weighted by Gasteiger charge is 2.23. The maximum absolute atomic E-state index is 12.4. The van der Waals surface area contributed by atoms with Gasteiger partial charge in [0.1, 0.15) is 0 Å². The van der Waals surface area contributed by atoms with Crippen molar-refractivity contribution >= 4 is 41.8 Å². The molecular formula is C24H48IN5O2. The van der Waals surface area contributed by atoms with Gasteiger partial charge in [-0.05, 0) is 44.4 Å². The van der Waals surface area contributed by atoms with E-state index in [1.807, 2.05) is 9.80 Å². The van der Waals surface area contributed by atoms with Crippen LogP contribution in [0.25, 0.3) is 0 Å². The zero-order valence-electron chi connectivity index (χ0n) is 21.3. The van der Waals surface area contributed by atoms with E-state index in [-0.39, 0.29) is 35.8 Å². The number of guanidine groups is 1. The van der Waals surface area contributed by atoms with Crippen LogP contribution in [0.15, 0.2) is 4.99 Å². The molecule has 2 amide bonds. The molecule has 0 aliphatic carbocycles. The van der Waals surface area contributed by atoms with Crippen molar-refractivity contribution in [3.8, 4) is 0 Å². The molecule has 0 radical (unpaired) electrons. The van der Waals surface area contributed by atoms with Gasteiger partial charge in [0.15, 0.2) is 5.96 Å². The van der Waals surface area contributed by atoms with E-state index in [1.165, 1.54) is 6.42 Å². The van der Waals surface area contributed by atoms with Crippen molar-refractivity contribution in [2.45, 2.75) is 85.6 Å². The predicted molar refractivity (Wildman–Crippen MR) is 145 cm³/mol. The molecule has 7 nitrogen and oxygen atoms in total. The Hall–Kier alpha value is -1.06. The van der Waals surface area contributed by atoms with Gasteiger partial charge in [-0.1, -0.05) is 34.1 Å². The fraction of sp³-hybridized carbons (Fsp3) is 0.875. The Kier molecular flexibility index (Phi) is 16.8. The van der Waals surface area contributed by atoms with Crippen LogP contribution >= 0.6 is 24.0 Å². The van der Waals surface area contributed by atoms with E-state index in [2.05, 4.69) is 50.2 Å². The number of hydrogen-bond donors (Lipinski definition) is 2. The molecule has 0 aromatic heterocycles. The largest absolute Gasteiger partial charge is 0.356 e. The normalized spacial score (nSPS) is 15.6. The van der Waals surface area contributed by atoms with E-state index >= 15 is 0 Å². The third-order valence-electron chi connectivity index (χ3n) is 5.71. The Balaban J connectivity index is 0.00000961. The molecule has 32 heavy (non-hydrogen) atoms. The van der Waals surface area contributed by atoms with Crippen molar-refractivity contribution in [3.63, 3.8) is 0 Å². The summed E-state index contributed by atoms with van der Waals surface area (Å²) in [7, 11) is 1.80. The maximum atomic E-state index is 12.4. The Bertz CT molecular complexity index is 561. The van der Waals surface area contributed by atoms with Gasteiger partial charge in [0.25, 0.3) is 0 Å². The number of amides is 2. The minimum Gasteiger partial charge on any atom is -0.356 e. The number of nitrogens with one attached hydrogen (secondary N) is 2. The van der Waals surface area contributed by atoms with Crippen LogP contribution < -0.4 is 10.6 Å². The number of unbranched alkanes of at least 4 members (excludes halogenated alkanes) is 2. The summed E-state index contributed by atoms with van der Waals surface area (Å²) in [4.78, 5) is 32.7. The van der Waals surface area contributed by atoms with Crippen LogP contribution in [0.1, 0.15) is 79.6 Å². The monoisotopic (exact) mass is 565 g/mol. The lowest BCUT2D eigenvalue weighted by atomic mass is 10.0. The lowest BCUT2D eigenvalue weighted by Gasteiger charge is -2.35. The van der Waals surface area contributed by atoms with Gasteiger partial charge < -0.3 is 20.4 Å². The average molecular weight is 566 g/mol. The van der Waals surface area contributed by atoms with Crippen molar-refractivity contribution in [1.29, 1.82) is 0 Å². The first-order valence-corrected chi connectivity index (χ1v) is 12.3. The smallest absolute Gasteiger partial charge is 0.222 e. The molecule has 1 aliphatic rings. The lowest BCUT2D eigenvalue weighted by molar-refractivity contribution is -0.140. The number of hydrogen-bond acceptors (Lipinski definition) is 3. The van der Waals surface area contributed by atoms with E-state index < -0.39 is 0 Å². The van der Waals surface area contributed by atoms with E-state index in [0.29, 0.717) is 51.0 Å². The Morgan fingerprint density at radius 2 is 1.44 bits per heavy atom. The summed E-state index contributed by atoms with van der Waals surface area (Å²) in [6, 6.07) is 0.410. The summed E-state index contributed by atoms with van der Waals surface area (Å²) < 4.78 is 0. The molecular weight excluding hydrogens is 517 g/mol. The number of rotatable bonds is 12. The Morgan fingerprint density at radius 1 is 0.844 bits per heavy atom. The Labute approximate surface area is 213 Å². The molecule has 0 aromatic rings. The molecule has 1 rings (SSSR count). The number of carbonyl (C=O) groups excluding carboxylic acids is 2. The molecule has 1 heterocycles. The second kappa shape index (κ2) is 17.4. The van der Waals surface area contributed by atoms with Crippen LogP contribution in [0.2, 0.25) is 0 Å². The standard InChI is InChI=1S/C24H47N5O2.HI/c1-19(2)11-12-21(5)27-24(25-6)26-13-9-7-8-10-22(30)28-14-16-29(17-15-28)23(31)18-20(3)4;/h19-21H,7-18H2,1-6H3,(H2,25,26,27);1H. The summed E-state index contributed by atoms with van der Waals surface area (Å²) in [6.45, 7) is 14.4. The van der Waals surface area contributed by atoms with Crippen LogP contribution in [-0.4, -0.2) is 73.4 Å². The minimum atomic E-state index is 0. The Morgan fingerprint density at radius 3 is 1.97 bits per heavy atom. The second-order valence-corrected chi connectivity index (χ2v) is 9.69. The molecule has 2 N–H and O–H groups in total. The number of carbonyl (C=O) groups is 2. The quantitative estimate of drug-likeness (QED) is 0.163. The molecule has 0 aromatic carbocycles. The highest BCUT2D eigenvalue weighted by molar-refractivity contribution is 14.0. The molecule has 188 valence electrons. The highest BCUT2D eigenvalue weighted by atomic mass is 127. The molecule has 1 saturated heterocycles. The summed E-state index contributed by atoms with van der Waals surface area (Å²) in [6.07, 6.45) is 6.49. The molecule has 0 bridgehead atoms. The molecule has 0 spiro atoms. The number of piperazine rings is 1. The fourth-order valence-electron chi connectivity index (χ4n) is 3.71. The van der Waals surface area contributed by atoms with Gasteiger partial charge in [0, 0.05) is 58.7 Å². The third-order valence-corrected chi connectivity index (χ3v) is 5.71. The van der Waals surface area contributed by atoms with E-state index in [1.54, 1.807) is 7.05 Å². The second-order valence-electron chi connectivity index (χ2n) is 9.69. The highest BCUT2D eigenvalue weighted by Crippen LogP contribution is 2.11. The van der Waals surface area contributed by atoms with Crippen molar-refractivity contribution < 1.29 is 9.59 Å². The fourth-order valence-corrected chi connectivity index (χ4v) is 3.71. The molecule has 0 saturated carbocycles. The van der Waals surface area contributed by atoms with Crippen LogP contribution in [0.5, 0.6) is 0 Å². The van der Waals surface area contributed by atoms with E-state index in [4.69, 9.17) is 0 Å². The molecule has 8 heteroatoms. The molecule has 1 unspecified atom stereocenters. The number of halogens is 1. The summed E-state index contributed by atoms with van der Waals surface area (Å²) in [5.41, 5.74) is 0. The summed E-state index contributed by atoms with van der Waals surface area (Å²) in [5, 5.41) is 6.82. The third kappa shape index (κ3) is 13.5. The maximum Gasteiger partial charge on any atom is 0.222 e. The summed E-state index contributed by atoms with van der Waals surface area (Å²) >= 11 is 0. The molecule has 1 fully saturated rings.